The Morgan fingerprint density at radius 3 is 2.59 bits per heavy atom. The van der Waals surface area contributed by atoms with Gasteiger partial charge < -0.3 is 15.4 Å². The van der Waals surface area contributed by atoms with Gasteiger partial charge in [-0.15, -0.1) is 36.4 Å². The number of hydrogen-bond acceptors (Lipinski definition) is 5. The molecule has 8 heteroatoms. The van der Waals surface area contributed by atoms with Gasteiger partial charge in [-0.3, -0.25) is 4.98 Å². The fourth-order valence-corrected chi connectivity index (χ4v) is 3.83. The first kappa shape index (κ1) is 23.2. The molecule has 4 rings (SSSR count). The Balaban J connectivity index is 0.00000150. The number of rotatable bonds is 6. The van der Waals surface area contributed by atoms with Crippen molar-refractivity contribution < 1.29 is 4.74 Å². The monoisotopic (exact) mass is 452 g/mol. The lowest BCUT2D eigenvalue weighted by molar-refractivity contribution is 0.420. The number of alkyl halides is 1. The van der Waals surface area contributed by atoms with Crippen LogP contribution in [0.15, 0.2) is 48.7 Å². The molecule has 0 saturated carbocycles. The normalized spacial score (nSPS) is 10.6. The summed E-state index contributed by atoms with van der Waals surface area (Å²) >= 11 is 6.11. The number of ether oxygens (including phenoxy) is 1. The summed E-state index contributed by atoms with van der Waals surface area (Å²) in [7, 11) is 1.69. The van der Waals surface area contributed by atoms with Gasteiger partial charge in [0.2, 0.25) is 0 Å². The van der Waals surface area contributed by atoms with Crippen molar-refractivity contribution in [3.8, 4) is 5.75 Å². The van der Waals surface area contributed by atoms with Crippen LogP contribution in [0.25, 0.3) is 32.7 Å². The highest BCUT2D eigenvalue weighted by atomic mass is 35.5. The van der Waals surface area contributed by atoms with E-state index in [-0.39, 0.29) is 24.8 Å². The lowest BCUT2D eigenvalue weighted by Crippen LogP contribution is -2.31. The maximum Gasteiger partial charge on any atom is 0.131 e. The third-order valence-corrected chi connectivity index (χ3v) is 4.92. The summed E-state index contributed by atoms with van der Waals surface area (Å²) in [6.45, 7) is 1.91. The van der Waals surface area contributed by atoms with Crippen molar-refractivity contribution >= 4 is 74.8 Å². The zero-order valence-electron chi connectivity index (χ0n) is 16.0. The highest BCUT2D eigenvalue weighted by Crippen LogP contribution is 2.41. The molecule has 2 heterocycles. The molecular weight excluding hydrogens is 431 g/mol. The highest BCUT2D eigenvalue weighted by molar-refractivity contribution is 6.19. The molecule has 2 N–H and O–H groups in total. The second-order valence-corrected chi connectivity index (χ2v) is 6.70. The van der Waals surface area contributed by atoms with Crippen LogP contribution in [0.5, 0.6) is 5.75 Å². The molecule has 0 spiro atoms. The van der Waals surface area contributed by atoms with Crippen molar-refractivity contribution in [2.24, 2.45) is 5.73 Å². The number of nitrogens with two attached hydrogens (primary N) is 1. The number of methoxy groups -OCH3 is 1. The van der Waals surface area contributed by atoms with Gasteiger partial charge >= 0.3 is 0 Å². The molecular formula is C21H23Cl3N4O. The topological polar surface area (TPSA) is 64.3 Å². The summed E-state index contributed by atoms with van der Waals surface area (Å²) in [4.78, 5) is 11.8. The van der Waals surface area contributed by atoms with E-state index in [1.807, 2.05) is 36.4 Å². The van der Waals surface area contributed by atoms with E-state index < -0.39 is 0 Å². The fourth-order valence-electron chi connectivity index (χ4n) is 3.63. The molecule has 0 aliphatic rings. The lowest BCUT2D eigenvalue weighted by Gasteiger charge is -2.27. The molecule has 2 aromatic heterocycles. The minimum Gasteiger partial charge on any atom is -0.496 e. The molecule has 2 aromatic carbocycles. The molecule has 0 aliphatic carbocycles. The molecule has 0 aliphatic heterocycles. The van der Waals surface area contributed by atoms with Crippen molar-refractivity contribution in [2.75, 3.05) is 37.5 Å². The largest absolute Gasteiger partial charge is 0.496 e. The van der Waals surface area contributed by atoms with Crippen LogP contribution in [0.2, 0.25) is 0 Å². The van der Waals surface area contributed by atoms with E-state index in [1.54, 1.807) is 13.3 Å². The zero-order valence-corrected chi connectivity index (χ0v) is 18.4. The lowest BCUT2D eigenvalue weighted by atomic mass is 10.0. The van der Waals surface area contributed by atoms with Gasteiger partial charge in [-0.05, 0) is 18.2 Å². The van der Waals surface area contributed by atoms with Crippen LogP contribution in [0.1, 0.15) is 0 Å². The smallest absolute Gasteiger partial charge is 0.131 e. The van der Waals surface area contributed by atoms with E-state index in [1.165, 1.54) is 0 Å². The maximum atomic E-state index is 6.11. The molecule has 0 atom stereocenters. The van der Waals surface area contributed by atoms with Crippen LogP contribution in [-0.2, 0) is 0 Å². The third-order valence-electron chi connectivity index (χ3n) is 4.75. The average Bonchev–Trinajstić information content (AvgIpc) is 2.71. The first-order chi connectivity index (χ1) is 13.3. The Bertz CT molecular complexity index is 1120. The summed E-state index contributed by atoms with van der Waals surface area (Å²) in [5.41, 5.74) is 9.55. The number of fused-ring (bicyclic) bond motifs is 4. The minimum atomic E-state index is 0. The molecule has 29 heavy (non-hydrogen) atoms. The van der Waals surface area contributed by atoms with Crippen molar-refractivity contribution in [3.05, 3.63) is 48.7 Å². The average molecular weight is 454 g/mol. The van der Waals surface area contributed by atoms with E-state index in [4.69, 9.17) is 27.1 Å². The van der Waals surface area contributed by atoms with Crippen molar-refractivity contribution in [1.82, 2.24) is 9.97 Å². The summed E-state index contributed by atoms with van der Waals surface area (Å²) in [6, 6.07) is 14.1. The summed E-state index contributed by atoms with van der Waals surface area (Å²) in [5, 5.41) is 3.00. The van der Waals surface area contributed by atoms with Gasteiger partial charge in [-0.2, -0.15) is 0 Å². The second kappa shape index (κ2) is 10.1. The SMILES string of the molecule is COc1cc2cccnc2c2nc3ccccc3c(N(CCN)CCCl)c12.Cl.Cl. The highest BCUT2D eigenvalue weighted by Gasteiger charge is 2.20. The molecule has 154 valence electrons. The van der Waals surface area contributed by atoms with Gasteiger partial charge in [0.05, 0.1) is 29.2 Å². The number of para-hydroxylation sites is 1. The Morgan fingerprint density at radius 1 is 1.07 bits per heavy atom. The quantitative estimate of drug-likeness (QED) is 0.258. The van der Waals surface area contributed by atoms with Gasteiger partial charge in [0.15, 0.2) is 0 Å². The van der Waals surface area contributed by atoms with E-state index in [0.717, 1.165) is 44.1 Å². The number of nitrogens with zero attached hydrogens (tertiary/aromatic N) is 3. The fraction of sp³-hybridized carbons (Fsp3) is 0.238. The Labute approximate surface area is 187 Å². The van der Waals surface area contributed by atoms with Gasteiger partial charge in [-0.25, -0.2) is 4.98 Å². The van der Waals surface area contributed by atoms with Gasteiger partial charge in [-0.1, -0.05) is 24.3 Å². The minimum absolute atomic E-state index is 0. The molecule has 0 saturated heterocycles. The van der Waals surface area contributed by atoms with Crippen LogP contribution in [0.4, 0.5) is 5.69 Å². The zero-order chi connectivity index (χ0) is 18.8. The third kappa shape index (κ3) is 4.14. The number of hydrogen-bond donors (Lipinski definition) is 1. The van der Waals surface area contributed by atoms with Gasteiger partial charge in [0.25, 0.3) is 0 Å². The van der Waals surface area contributed by atoms with E-state index >= 15 is 0 Å². The van der Waals surface area contributed by atoms with E-state index in [0.29, 0.717) is 25.5 Å². The second-order valence-electron chi connectivity index (χ2n) is 6.32. The summed E-state index contributed by atoms with van der Waals surface area (Å²) in [6.07, 6.45) is 1.79. The number of pyridine rings is 2. The number of halogens is 3. The van der Waals surface area contributed by atoms with Crippen LogP contribution in [0, 0.1) is 0 Å². The molecule has 0 amide bonds. The Morgan fingerprint density at radius 2 is 1.86 bits per heavy atom. The molecule has 0 unspecified atom stereocenters. The van der Waals surface area contributed by atoms with Gasteiger partial charge in [0, 0.05) is 42.5 Å². The molecule has 0 bridgehead atoms. The standard InChI is InChI=1S/C21H21ClN4O.2ClH/c1-27-17-13-14-5-4-10-24-19(14)20-18(17)21(26(11-8-22)12-9-23)15-6-2-3-7-16(15)25-20;;/h2-7,10,13H,8-9,11-12,23H2,1H3;2*1H. The van der Waals surface area contributed by atoms with Crippen LogP contribution >= 0.6 is 36.4 Å². The first-order valence-corrected chi connectivity index (χ1v) is 9.47. The van der Waals surface area contributed by atoms with Crippen LogP contribution in [-0.4, -0.2) is 42.6 Å². The van der Waals surface area contributed by atoms with Crippen molar-refractivity contribution in [2.45, 2.75) is 0 Å². The predicted octanol–water partition coefficient (Wildman–Crippen LogP) is 4.79. The summed E-state index contributed by atoms with van der Waals surface area (Å²) in [5.74, 6) is 1.28. The molecule has 4 aromatic rings. The van der Waals surface area contributed by atoms with Crippen LogP contribution < -0.4 is 15.4 Å². The number of anilines is 1. The Hall–Kier alpha value is -2.05. The van der Waals surface area contributed by atoms with Crippen molar-refractivity contribution in [1.29, 1.82) is 0 Å². The van der Waals surface area contributed by atoms with Gasteiger partial charge in [0.1, 0.15) is 11.3 Å². The molecule has 5 nitrogen and oxygen atoms in total. The Kier molecular flexibility index (Phi) is 8.11. The molecule has 0 fully saturated rings. The van der Waals surface area contributed by atoms with E-state index in [2.05, 4.69) is 16.0 Å². The number of benzene rings is 2. The first-order valence-electron chi connectivity index (χ1n) is 8.93. The van der Waals surface area contributed by atoms with Crippen molar-refractivity contribution in [3.63, 3.8) is 0 Å². The summed E-state index contributed by atoms with van der Waals surface area (Å²) < 4.78 is 5.77. The number of aromatic nitrogens is 2. The molecule has 0 radical (unpaired) electrons. The predicted molar refractivity (Wildman–Crippen MR) is 128 cm³/mol. The van der Waals surface area contributed by atoms with Crippen LogP contribution in [0.3, 0.4) is 0 Å². The van der Waals surface area contributed by atoms with E-state index in [9.17, 15) is 0 Å². The maximum absolute atomic E-state index is 6.11.